The van der Waals surface area contributed by atoms with Crippen molar-refractivity contribution in [1.82, 2.24) is 9.78 Å². The molecule has 0 spiro atoms. The molecule has 1 aromatic heterocycles. The van der Waals surface area contributed by atoms with E-state index in [2.05, 4.69) is 5.10 Å². The van der Waals surface area contributed by atoms with Gasteiger partial charge in [0.1, 0.15) is 5.75 Å². The number of aliphatic hydroxyl groups excluding tert-OH is 1. The molecule has 0 aliphatic carbocycles. The van der Waals surface area contributed by atoms with Crippen LogP contribution in [0.25, 0.3) is 0 Å². The maximum atomic E-state index is 10.2. The molecule has 0 fully saturated rings. The zero-order valence-electron chi connectivity index (χ0n) is 10.9. The molecule has 1 N–H and O–H groups in total. The van der Waals surface area contributed by atoms with Gasteiger partial charge < -0.3 is 9.84 Å². The lowest BCUT2D eigenvalue weighted by Crippen LogP contribution is -2.07. The minimum Gasteiger partial charge on any atom is -0.497 e. The number of aliphatic hydroxyl groups is 1. The Hall–Kier alpha value is -1.81. The van der Waals surface area contributed by atoms with Crippen molar-refractivity contribution in [2.75, 3.05) is 7.11 Å². The fraction of sp³-hybridized carbons (Fsp3) is 0.357. The highest BCUT2D eigenvalue weighted by molar-refractivity contribution is 5.29. The molecule has 1 aromatic carbocycles. The van der Waals surface area contributed by atoms with Gasteiger partial charge in [0.25, 0.3) is 0 Å². The maximum absolute atomic E-state index is 10.2. The van der Waals surface area contributed by atoms with Crippen LogP contribution < -0.4 is 4.74 Å². The van der Waals surface area contributed by atoms with Crippen molar-refractivity contribution in [3.8, 4) is 5.75 Å². The third-order valence-corrected chi connectivity index (χ3v) is 2.94. The fourth-order valence-electron chi connectivity index (χ4n) is 2.07. The molecule has 2 aromatic rings. The minimum atomic E-state index is -0.552. The van der Waals surface area contributed by atoms with Gasteiger partial charge in [0.15, 0.2) is 0 Å². The highest BCUT2D eigenvalue weighted by Gasteiger charge is 2.13. The van der Waals surface area contributed by atoms with E-state index in [1.165, 1.54) is 0 Å². The van der Waals surface area contributed by atoms with Crippen LogP contribution in [-0.4, -0.2) is 22.0 Å². The molecule has 18 heavy (non-hydrogen) atoms. The van der Waals surface area contributed by atoms with Crippen molar-refractivity contribution in [2.45, 2.75) is 19.4 Å². The van der Waals surface area contributed by atoms with E-state index in [1.54, 1.807) is 11.8 Å². The van der Waals surface area contributed by atoms with Crippen molar-refractivity contribution in [2.24, 2.45) is 7.05 Å². The largest absolute Gasteiger partial charge is 0.497 e. The van der Waals surface area contributed by atoms with Gasteiger partial charge in [0.2, 0.25) is 0 Å². The van der Waals surface area contributed by atoms with E-state index in [0.29, 0.717) is 6.42 Å². The molecule has 1 unspecified atom stereocenters. The molecule has 0 saturated heterocycles. The molecule has 4 nitrogen and oxygen atoms in total. The van der Waals surface area contributed by atoms with Gasteiger partial charge in [-0.1, -0.05) is 12.1 Å². The number of hydrogen-bond acceptors (Lipinski definition) is 3. The van der Waals surface area contributed by atoms with E-state index in [1.807, 2.05) is 44.3 Å². The summed E-state index contributed by atoms with van der Waals surface area (Å²) in [6, 6.07) is 9.64. The van der Waals surface area contributed by atoms with Gasteiger partial charge in [-0.05, 0) is 30.7 Å². The number of aryl methyl sites for hydroxylation is 2. The molecule has 0 aliphatic rings. The predicted molar refractivity (Wildman–Crippen MR) is 69.6 cm³/mol. The predicted octanol–water partition coefficient (Wildman–Crippen LogP) is 2.01. The van der Waals surface area contributed by atoms with Gasteiger partial charge in [0.05, 0.1) is 24.6 Å². The number of methoxy groups -OCH3 is 1. The van der Waals surface area contributed by atoms with Crippen LogP contribution in [0.2, 0.25) is 0 Å². The summed E-state index contributed by atoms with van der Waals surface area (Å²) in [7, 11) is 3.48. The van der Waals surface area contributed by atoms with Crippen LogP contribution in [0.15, 0.2) is 30.3 Å². The lowest BCUT2D eigenvalue weighted by Gasteiger charge is -2.11. The molecule has 4 heteroatoms. The number of nitrogens with zero attached hydrogens (tertiary/aromatic N) is 2. The summed E-state index contributed by atoms with van der Waals surface area (Å²) in [5.74, 6) is 0.806. The molecule has 0 saturated carbocycles. The Morgan fingerprint density at radius 1 is 1.39 bits per heavy atom. The molecular weight excluding hydrogens is 228 g/mol. The Bertz CT molecular complexity index is 534. The first-order chi connectivity index (χ1) is 8.60. The first-order valence-corrected chi connectivity index (χ1v) is 5.91. The van der Waals surface area contributed by atoms with Crippen molar-refractivity contribution >= 4 is 0 Å². The Labute approximate surface area is 107 Å². The first-order valence-electron chi connectivity index (χ1n) is 5.91. The van der Waals surface area contributed by atoms with Gasteiger partial charge >= 0.3 is 0 Å². The van der Waals surface area contributed by atoms with Gasteiger partial charge in [-0.25, -0.2) is 0 Å². The Morgan fingerprint density at radius 2 is 2.17 bits per heavy atom. The van der Waals surface area contributed by atoms with Crippen molar-refractivity contribution < 1.29 is 9.84 Å². The highest BCUT2D eigenvalue weighted by atomic mass is 16.5. The van der Waals surface area contributed by atoms with E-state index < -0.39 is 6.10 Å². The van der Waals surface area contributed by atoms with Gasteiger partial charge in [-0.2, -0.15) is 5.10 Å². The molecule has 1 heterocycles. The number of benzene rings is 1. The van der Waals surface area contributed by atoms with Crippen molar-refractivity contribution in [1.29, 1.82) is 0 Å². The summed E-state index contributed by atoms with van der Waals surface area (Å²) in [5, 5.41) is 14.5. The third kappa shape index (κ3) is 2.71. The SMILES string of the molecule is COc1cccc(CC(O)c2cc(C)nn2C)c1. The van der Waals surface area contributed by atoms with Gasteiger partial charge in [-0.15, -0.1) is 0 Å². The van der Waals surface area contributed by atoms with Crippen LogP contribution in [0.1, 0.15) is 23.1 Å². The number of hydrogen-bond donors (Lipinski definition) is 1. The fourth-order valence-corrected chi connectivity index (χ4v) is 2.07. The zero-order chi connectivity index (χ0) is 13.1. The smallest absolute Gasteiger partial charge is 0.119 e. The number of ether oxygens (including phenoxy) is 1. The first kappa shape index (κ1) is 12.6. The Morgan fingerprint density at radius 3 is 2.78 bits per heavy atom. The van der Waals surface area contributed by atoms with Crippen LogP contribution in [0.4, 0.5) is 0 Å². The lowest BCUT2D eigenvalue weighted by atomic mass is 10.1. The number of rotatable bonds is 4. The molecule has 0 radical (unpaired) electrons. The second-order valence-electron chi connectivity index (χ2n) is 4.41. The molecule has 2 rings (SSSR count). The Balaban J connectivity index is 2.15. The lowest BCUT2D eigenvalue weighted by molar-refractivity contribution is 0.168. The monoisotopic (exact) mass is 246 g/mol. The maximum Gasteiger partial charge on any atom is 0.119 e. The summed E-state index contributed by atoms with van der Waals surface area (Å²) in [6.45, 7) is 1.92. The van der Waals surface area contributed by atoms with Crippen molar-refractivity contribution in [3.05, 3.63) is 47.3 Å². The summed E-state index contributed by atoms with van der Waals surface area (Å²) in [5.41, 5.74) is 2.79. The van der Waals surface area contributed by atoms with E-state index >= 15 is 0 Å². The molecule has 1 atom stereocenters. The molecule has 96 valence electrons. The van der Waals surface area contributed by atoms with E-state index in [9.17, 15) is 5.11 Å². The van der Waals surface area contributed by atoms with E-state index in [0.717, 1.165) is 22.7 Å². The van der Waals surface area contributed by atoms with Crippen molar-refractivity contribution in [3.63, 3.8) is 0 Å². The molecular formula is C14H18N2O2. The highest BCUT2D eigenvalue weighted by Crippen LogP contribution is 2.21. The summed E-state index contributed by atoms with van der Waals surface area (Å²) < 4.78 is 6.89. The molecule has 0 bridgehead atoms. The average molecular weight is 246 g/mol. The summed E-state index contributed by atoms with van der Waals surface area (Å²) in [4.78, 5) is 0. The van der Waals surface area contributed by atoms with Crippen LogP contribution in [0.3, 0.4) is 0 Å². The third-order valence-electron chi connectivity index (χ3n) is 2.94. The van der Waals surface area contributed by atoms with Crippen LogP contribution >= 0.6 is 0 Å². The van der Waals surface area contributed by atoms with E-state index in [4.69, 9.17) is 4.74 Å². The normalized spacial score (nSPS) is 12.4. The molecule has 0 amide bonds. The summed E-state index contributed by atoms with van der Waals surface area (Å²) in [6.07, 6.45) is -0.000735. The second kappa shape index (κ2) is 5.23. The average Bonchev–Trinajstić information content (AvgIpc) is 2.69. The quantitative estimate of drug-likeness (QED) is 0.897. The summed E-state index contributed by atoms with van der Waals surface area (Å²) >= 11 is 0. The van der Waals surface area contributed by atoms with Gasteiger partial charge in [-0.3, -0.25) is 4.68 Å². The van der Waals surface area contributed by atoms with Gasteiger partial charge in [0, 0.05) is 13.5 Å². The standard InChI is InChI=1S/C14H18N2O2/c1-10-7-13(16(2)15-10)14(17)9-11-5-4-6-12(8-11)18-3/h4-8,14,17H,9H2,1-3H3. The topological polar surface area (TPSA) is 47.3 Å². The van der Waals surface area contributed by atoms with Crippen LogP contribution in [-0.2, 0) is 13.5 Å². The zero-order valence-corrected chi connectivity index (χ0v) is 10.9. The number of aromatic nitrogens is 2. The Kier molecular flexibility index (Phi) is 3.67. The molecule has 0 aliphatic heterocycles. The van der Waals surface area contributed by atoms with Crippen LogP contribution in [0.5, 0.6) is 5.75 Å². The van der Waals surface area contributed by atoms with E-state index in [-0.39, 0.29) is 0 Å². The minimum absolute atomic E-state index is 0.552. The van der Waals surface area contributed by atoms with Crippen LogP contribution in [0, 0.1) is 6.92 Å². The second-order valence-corrected chi connectivity index (χ2v) is 4.41.